The minimum Gasteiger partial charge on any atom is -0.487 e. The first-order valence-electron chi connectivity index (χ1n) is 10.1. The second kappa shape index (κ2) is 4.99. The van der Waals surface area contributed by atoms with Gasteiger partial charge < -0.3 is 10.1 Å². The van der Waals surface area contributed by atoms with Gasteiger partial charge in [-0.3, -0.25) is 4.90 Å². The van der Waals surface area contributed by atoms with Crippen molar-refractivity contribution >= 4 is 0 Å². The number of halogens is 2. The van der Waals surface area contributed by atoms with E-state index in [-0.39, 0.29) is 24.5 Å². The van der Waals surface area contributed by atoms with Crippen molar-refractivity contribution in [2.45, 2.75) is 61.6 Å². The number of hydrogen-bond donors (Lipinski definition) is 1. The fraction of sp³-hybridized carbons (Fsp3) is 0.714. The minimum absolute atomic E-state index is 0.00394. The maximum absolute atomic E-state index is 16.0. The van der Waals surface area contributed by atoms with E-state index in [0.29, 0.717) is 11.7 Å². The van der Waals surface area contributed by atoms with Crippen LogP contribution in [-0.4, -0.2) is 49.1 Å². The van der Waals surface area contributed by atoms with Gasteiger partial charge in [-0.1, -0.05) is 12.1 Å². The molecular formula is C21H26F2N2O. The SMILES string of the molecule is CN[C@@H]1CC[C@@H]2[C@H]3Cc4cccc5c4[C@]2([C@H]1O5)C(F)(F)CN3CC1CC1. The summed E-state index contributed by atoms with van der Waals surface area (Å²) in [5.74, 6) is -1.41. The Morgan fingerprint density at radius 2 is 2.08 bits per heavy atom. The molecule has 1 saturated heterocycles. The molecule has 3 fully saturated rings. The molecule has 5 aliphatic rings. The largest absolute Gasteiger partial charge is 0.487 e. The van der Waals surface area contributed by atoms with Crippen molar-refractivity contribution in [2.24, 2.45) is 11.8 Å². The summed E-state index contributed by atoms with van der Waals surface area (Å²) >= 11 is 0. The third-order valence-corrected chi connectivity index (χ3v) is 7.90. The molecule has 5 atom stereocenters. The van der Waals surface area contributed by atoms with Gasteiger partial charge in [-0.05, 0) is 62.6 Å². The van der Waals surface area contributed by atoms with Crippen LogP contribution in [0.5, 0.6) is 5.75 Å². The molecule has 1 aromatic rings. The van der Waals surface area contributed by atoms with E-state index in [1.54, 1.807) is 0 Å². The highest BCUT2D eigenvalue weighted by Gasteiger charge is 2.76. The Labute approximate surface area is 153 Å². The van der Waals surface area contributed by atoms with Crippen LogP contribution in [0.25, 0.3) is 0 Å². The number of hydrogen-bond acceptors (Lipinski definition) is 3. The van der Waals surface area contributed by atoms with Gasteiger partial charge in [0, 0.05) is 24.2 Å². The Morgan fingerprint density at radius 3 is 2.85 bits per heavy atom. The van der Waals surface area contributed by atoms with Gasteiger partial charge in [-0.25, -0.2) is 8.78 Å². The fourth-order valence-corrected chi connectivity index (χ4v) is 6.76. The molecule has 2 heterocycles. The lowest BCUT2D eigenvalue weighted by molar-refractivity contribution is -0.216. The lowest BCUT2D eigenvalue weighted by Crippen LogP contribution is -2.76. The molecule has 26 heavy (non-hydrogen) atoms. The van der Waals surface area contributed by atoms with E-state index in [9.17, 15) is 0 Å². The van der Waals surface area contributed by atoms with Crippen molar-refractivity contribution in [1.29, 1.82) is 0 Å². The average Bonchev–Trinajstić information content (AvgIpc) is 3.35. The van der Waals surface area contributed by atoms with Gasteiger partial charge in [-0.15, -0.1) is 0 Å². The van der Waals surface area contributed by atoms with Crippen LogP contribution >= 0.6 is 0 Å². The number of alkyl halides is 2. The molecule has 140 valence electrons. The van der Waals surface area contributed by atoms with Crippen LogP contribution in [-0.2, 0) is 11.8 Å². The molecule has 1 spiro atoms. The molecule has 3 nitrogen and oxygen atoms in total. The topological polar surface area (TPSA) is 24.5 Å². The van der Waals surface area contributed by atoms with Gasteiger partial charge in [0.05, 0.1) is 6.54 Å². The number of ether oxygens (including phenoxy) is 1. The standard InChI is InChI=1S/C21H26F2N2O/c1-24-15-8-7-14-16-9-13-3-2-4-17-18(13)21(14,19(15)26-17)20(22,23)11-25(16)10-12-5-6-12/h2-4,12,14-16,19,24H,5-11H2,1H3/t14-,15-,16-,19+,21-/m1/s1. The summed E-state index contributed by atoms with van der Waals surface area (Å²) in [6.45, 7) is 0.748. The Kier molecular flexibility index (Phi) is 3.04. The number of likely N-dealkylation sites (tertiary alicyclic amines) is 1. The Morgan fingerprint density at radius 1 is 1.23 bits per heavy atom. The molecule has 2 aliphatic heterocycles. The van der Waals surface area contributed by atoms with Gasteiger partial charge in [0.25, 0.3) is 5.92 Å². The molecule has 2 saturated carbocycles. The first-order valence-corrected chi connectivity index (χ1v) is 10.1. The highest BCUT2D eigenvalue weighted by atomic mass is 19.3. The summed E-state index contributed by atoms with van der Waals surface area (Å²) in [6.07, 6.45) is 4.64. The minimum atomic E-state index is -2.76. The first-order chi connectivity index (χ1) is 12.6. The van der Waals surface area contributed by atoms with E-state index in [1.165, 1.54) is 12.8 Å². The molecule has 2 bridgehead atoms. The average molecular weight is 360 g/mol. The summed E-state index contributed by atoms with van der Waals surface area (Å²) < 4.78 is 38.4. The van der Waals surface area contributed by atoms with E-state index < -0.39 is 17.4 Å². The van der Waals surface area contributed by atoms with Crippen molar-refractivity contribution in [3.63, 3.8) is 0 Å². The van der Waals surface area contributed by atoms with Crippen molar-refractivity contribution < 1.29 is 13.5 Å². The highest BCUT2D eigenvalue weighted by Crippen LogP contribution is 2.66. The smallest absolute Gasteiger partial charge is 0.274 e. The Balaban J connectivity index is 1.57. The normalized spacial score (nSPS) is 42.3. The van der Waals surface area contributed by atoms with Crippen LogP contribution in [0, 0.1) is 11.8 Å². The van der Waals surface area contributed by atoms with Gasteiger partial charge in [0.1, 0.15) is 17.3 Å². The number of likely N-dealkylation sites (N-methyl/N-ethyl adjacent to an activating group) is 1. The van der Waals surface area contributed by atoms with E-state index >= 15 is 8.78 Å². The third-order valence-electron chi connectivity index (χ3n) is 7.90. The van der Waals surface area contributed by atoms with E-state index in [2.05, 4.69) is 16.3 Å². The molecule has 0 amide bonds. The maximum atomic E-state index is 16.0. The zero-order valence-corrected chi connectivity index (χ0v) is 15.2. The number of piperidine rings is 1. The van der Waals surface area contributed by atoms with Crippen LogP contribution in [0.15, 0.2) is 18.2 Å². The summed E-state index contributed by atoms with van der Waals surface area (Å²) in [7, 11) is 1.88. The Bertz CT molecular complexity index is 764. The van der Waals surface area contributed by atoms with Crippen LogP contribution in [0.1, 0.15) is 36.8 Å². The number of rotatable bonds is 3. The zero-order chi connectivity index (χ0) is 17.7. The lowest BCUT2D eigenvalue weighted by Gasteiger charge is -2.62. The molecule has 0 unspecified atom stereocenters. The van der Waals surface area contributed by atoms with Crippen LogP contribution in [0.2, 0.25) is 0 Å². The van der Waals surface area contributed by atoms with Crippen LogP contribution in [0.3, 0.4) is 0 Å². The lowest BCUT2D eigenvalue weighted by atomic mass is 9.49. The summed E-state index contributed by atoms with van der Waals surface area (Å²) in [5, 5.41) is 3.29. The van der Waals surface area contributed by atoms with Crippen LogP contribution in [0.4, 0.5) is 8.78 Å². The molecule has 0 aromatic heterocycles. The molecule has 1 N–H and O–H groups in total. The fourth-order valence-electron chi connectivity index (χ4n) is 6.76. The molecule has 5 heteroatoms. The quantitative estimate of drug-likeness (QED) is 0.897. The van der Waals surface area contributed by atoms with Gasteiger partial charge in [0.15, 0.2) is 0 Å². The second-order valence-corrected chi connectivity index (χ2v) is 9.13. The predicted octanol–water partition coefficient (Wildman–Crippen LogP) is 2.97. The first kappa shape index (κ1) is 15.8. The number of benzene rings is 1. The number of nitrogens with one attached hydrogen (secondary N) is 1. The molecule has 3 aliphatic carbocycles. The monoisotopic (exact) mass is 360 g/mol. The zero-order valence-electron chi connectivity index (χ0n) is 15.2. The van der Waals surface area contributed by atoms with Crippen molar-refractivity contribution in [3.8, 4) is 5.75 Å². The van der Waals surface area contributed by atoms with Gasteiger partial charge in [-0.2, -0.15) is 0 Å². The molecule has 6 rings (SSSR count). The van der Waals surface area contributed by atoms with E-state index in [0.717, 1.165) is 36.9 Å². The predicted molar refractivity (Wildman–Crippen MR) is 94.8 cm³/mol. The maximum Gasteiger partial charge on any atom is 0.274 e. The molecular weight excluding hydrogens is 334 g/mol. The second-order valence-electron chi connectivity index (χ2n) is 9.13. The summed E-state index contributed by atoms with van der Waals surface area (Å²) in [5.41, 5.74) is 0.804. The van der Waals surface area contributed by atoms with Crippen molar-refractivity contribution in [2.75, 3.05) is 20.1 Å². The Hall–Kier alpha value is -1.20. The van der Waals surface area contributed by atoms with Crippen molar-refractivity contribution in [1.82, 2.24) is 10.2 Å². The van der Waals surface area contributed by atoms with E-state index in [4.69, 9.17) is 4.74 Å². The summed E-state index contributed by atoms with van der Waals surface area (Å²) in [4.78, 5) is 2.15. The third kappa shape index (κ3) is 1.74. The van der Waals surface area contributed by atoms with E-state index in [1.807, 2.05) is 19.2 Å². The van der Waals surface area contributed by atoms with Gasteiger partial charge in [0.2, 0.25) is 0 Å². The molecule has 0 radical (unpaired) electrons. The highest BCUT2D eigenvalue weighted by molar-refractivity contribution is 5.57. The van der Waals surface area contributed by atoms with Gasteiger partial charge >= 0.3 is 0 Å². The summed E-state index contributed by atoms with van der Waals surface area (Å²) in [6, 6.07) is 6.18. The molecule has 1 aromatic carbocycles. The van der Waals surface area contributed by atoms with Crippen molar-refractivity contribution in [3.05, 3.63) is 29.3 Å². The number of nitrogens with zero attached hydrogens (tertiary/aromatic N) is 1. The van der Waals surface area contributed by atoms with Crippen LogP contribution < -0.4 is 10.1 Å².